The van der Waals surface area contributed by atoms with E-state index in [0.29, 0.717) is 17.7 Å². The van der Waals surface area contributed by atoms with Crippen molar-refractivity contribution in [1.29, 1.82) is 0 Å². The third-order valence-electron chi connectivity index (χ3n) is 5.06. The molecule has 3 N–H and O–H groups in total. The van der Waals surface area contributed by atoms with Crippen LogP contribution in [-0.2, 0) is 6.42 Å². The fourth-order valence-corrected chi connectivity index (χ4v) is 3.51. The average molecular weight is 440 g/mol. The van der Waals surface area contributed by atoms with E-state index >= 15 is 0 Å². The van der Waals surface area contributed by atoms with Crippen molar-refractivity contribution in [3.05, 3.63) is 51.2 Å². The fraction of sp³-hybridized carbons (Fsp3) is 0.320. The number of ether oxygens (including phenoxy) is 2. The van der Waals surface area contributed by atoms with E-state index in [-0.39, 0.29) is 44.8 Å². The Labute approximate surface area is 185 Å². The molecule has 3 aromatic rings. The summed E-state index contributed by atoms with van der Waals surface area (Å²) in [6.45, 7) is 7.03. The number of hydrogen-bond donors (Lipinski definition) is 3. The lowest BCUT2D eigenvalue weighted by Crippen LogP contribution is -2.13. The zero-order valence-electron chi connectivity index (χ0n) is 19.1. The Morgan fingerprint density at radius 3 is 2.31 bits per heavy atom. The topological polar surface area (TPSA) is 109 Å². The molecular formula is C25H28O7. The molecule has 0 fully saturated rings. The Hall–Kier alpha value is -3.45. The molecule has 0 aliphatic carbocycles. The number of aromatic hydroxyl groups is 2. The van der Waals surface area contributed by atoms with Gasteiger partial charge in [0.05, 0.1) is 25.2 Å². The summed E-state index contributed by atoms with van der Waals surface area (Å²) >= 11 is 0. The number of benzene rings is 2. The summed E-state index contributed by atoms with van der Waals surface area (Å²) < 4.78 is 16.7. The zero-order valence-corrected chi connectivity index (χ0v) is 19.1. The number of fused-ring (bicyclic) bond motifs is 2. The monoisotopic (exact) mass is 440 g/mol. The first kappa shape index (κ1) is 23.2. The second-order valence-corrected chi connectivity index (χ2v) is 8.40. The highest BCUT2D eigenvalue weighted by Gasteiger charge is 2.23. The van der Waals surface area contributed by atoms with E-state index < -0.39 is 11.0 Å². The molecule has 0 amide bonds. The smallest absolute Gasteiger partial charge is 0.205 e. The van der Waals surface area contributed by atoms with Crippen LogP contribution in [0.4, 0.5) is 0 Å². The first-order valence-corrected chi connectivity index (χ1v) is 10.1. The van der Waals surface area contributed by atoms with Gasteiger partial charge in [0.1, 0.15) is 28.1 Å². The maximum absolute atomic E-state index is 13.6. The maximum atomic E-state index is 13.6. The van der Waals surface area contributed by atoms with Gasteiger partial charge in [0.2, 0.25) is 5.43 Å². The molecule has 0 saturated carbocycles. The van der Waals surface area contributed by atoms with Crippen LogP contribution in [0.2, 0.25) is 0 Å². The summed E-state index contributed by atoms with van der Waals surface area (Å²) in [5.41, 5.74) is 0.320. The van der Waals surface area contributed by atoms with E-state index in [1.807, 2.05) is 19.9 Å². The van der Waals surface area contributed by atoms with E-state index in [4.69, 9.17) is 13.9 Å². The van der Waals surface area contributed by atoms with Gasteiger partial charge in [-0.15, -0.1) is 0 Å². The molecule has 0 atom stereocenters. The Morgan fingerprint density at radius 2 is 1.75 bits per heavy atom. The SMILES string of the molecule is COc1cc2oc3cc(O)c(OC)c(/C=C/C(C)(C)O)c3c(=O)c2c(O)c1CC=C(C)C. The van der Waals surface area contributed by atoms with Gasteiger partial charge in [0.15, 0.2) is 11.5 Å². The second kappa shape index (κ2) is 8.59. The summed E-state index contributed by atoms with van der Waals surface area (Å²) in [5, 5.41) is 31.7. The van der Waals surface area contributed by atoms with Crippen molar-refractivity contribution in [2.24, 2.45) is 0 Å². The first-order chi connectivity index (χ1) is 15.0. The van der Waals surface area contributed by atoms with Crippen LogP contribution in [0.25, 0.3) is 28.0 Å². The number of allylic oxidation sites excluding steroid dienone is 2. The first-order valence-electron chi connectivity index (χ1n) is 10.1. The van der Waals surface area contributed by atoms with Crippen LogP contribution in [-0.4, -0.2) is 35.1 Å². The van der Waals surface area contributed by atoms with Crippen LogP contribution in [0.3, 0.4) is 0 Å². The highest BCUT2D eigenvalue weighted by molar-refractivity contribution is 6.00. The van der Waals surface area contributed by atoms with Crippen molar-refractivity contribution in [1.82, 2.24) is 0 Å². The highest BCUT2D eigenvalue weighted by Crippen LogP contribution is 2.41. The summed E-state index contributed by atoms with van der Waals surface area (Å²) in [7, 11) is 2.84. The quantitative estimate of drug-likeness (QED) is 0.377. The van der Waals surface area contributed by atoms with Crippen molar-refractivity contribution in [3.8, 4) is 23.0 Å². The van der Waals surface area contributed by atoms with Crippen molar-refractivity contribution in [3.63, 3.8) is 0 Å². The maximum Gasteiger partial charge on any atom is 0.205 e. The van der Waals surface area contributed by atoms with Gasteiger partial charge in [-0.3, -0.25) is 4.79 Å². The standard InChI is InChI=1S/C25H28O7/c1-13(2)7-8-14-17(30-5)12-19-21(22(14)27)23(28)20-15(9-10-25(3,4)29)24(31-6)16(26)11-18(20)32-19/h7,9-12,26-27,29H,8H2,1-6H3/b10-9+. The summed E-state index contributed by atoms with van der Waals surface area (Å²) in [4.78, 5) is 13.6. The number of aliphatic hydroxyl groups is 1. The summed E-state index contributed by atoms with van der Waals surface area (Å²) in [6, 6.07) is 2.84. The van der Waals surface area contributed by atoms with E-state index in [2.05, 4.69) is 0 Å². The third kappa shape index (κ3) is 4.29. The number of rotatable bonds is 6. The highest BCUT2D eigenvalue weighted by atomic mass is 16.5. The van der Waals surface area contributed by atoms with Crippen molar-refractivity contribution < 1.29 is 29.2 Å². The number of hydrogen-bond acceptors (Lipinski definition) is 7. The van der Waals surface area contributed by atoms with Crippen molar-refractivity contribution in [2.75, 3.05) is 14.2 Å². The Balaban J connectivity index is 2.49. The summed E-state index contributed by atoms with van der Waals surface area (Å²) in [6.07, 6.45) is 5.26. The predicted molar refractivity (Wildman–Crippen MR) is 125 cm³/mol. The molecule has 7 nitrogen and oxygen atoms in total. The second-order valence-electron chi connectivity index (χ2n) is 8.40. The van der Waals surface area contributed by atoms with Crippen LogP contribution in [0.1, 0.15) is 38.8 Å². The lowest BCUT2D eigenvalue weighted by atomic mass is 9.99. The molecule has 2 aromatic carbocycles. The Bertz CT molecular complexity index is 1300. The molecule has 32 heavy (non-hydrogen) atoms. The predicted octanol–water partition coefficient (Wildman–Crippen LogP) is 4.67. The molecule has 170 valence electrons. The Morgan fingerprint density at radius 1 is 1.09 bits per heavy atom. The Kier molecular flexibility index (Phi) is 6.23. The van der Waals surface area contributed by atoms with Gasteiger partial charge in [-0.2, -0.15) is 0 Å². The van der Waals surface area contributed by atoms with E-state index in [1.54, 1.807) is 19.9 Å². The van der Waals surface area contributed by atoms with Gasteiger partial charge in [0.25, 0.3) is 0 Å². The third-order valence-corrected chi connectivity index (χ3v) is 5.06. The molecule has 0 radical (unpaired) electrons. The fourth-order valence-electron chi connectivity index (χ4n) is 3.51. The minimum Gasteiger partial charge on any atom is -0.507 e. The van der Waals surface area contributed by atoms with Gasteiger partial charge in [-0.05, 0) is 34.1 Å². The van der Waals surface area contributed by atoms with Crippen LogP contribution >= 0.6 is 0 Å². The molecule has 0 aliphatic heterocycles. The molecule has 1 aromatic heterocycles. The molecular weight excluding hydrogens is 412 g/mol. The molecule has 0 spiro atoms. The van der Waals surface area contributed by atoms with Gasteiger partial charge < -0.3 is 29.2 Å². The van der Waals surface area contributed by atoms with Crippen molar-refractivity contribution in [2.45, 2.75) is 39.7 Å². The lowest BCUT2D eigenvalue weighted by Gasteiger charge is -2.15. The number of phenolic OH excluding ortho intramolecular Hbond substituents is 2. The molecule has 1 heterocycles. The minimum absolute atomic E-state index is 0.00103. The van der Waals surface area contributed by atoms with Gasteiger partial charge >= 0.3 is 0 Å². The number of methoxy groups -OCH3 is 2. The largest absolute Gasteiger partial charge is 0.507 e. The van der Waals surface area contributed by atoms with Gasteiger partial charge in [-0.1, -0.05) is 23.8 Å². The molecule has 0 saturated heterocycles. The minimum atomic E-state index is -1.17. The summed E-state index contributed by atoms with van der Waals surface area (Å²) in [5.74, 6) is -0.0106. The van der Waals surface area contributed by atoms with E-state index in [9.17, 15) is 20.1 Å². The van der Waals surface area contributed by atoms with Crippen molar-refractivity contribution >= 4 is 28.0 Å². The zero-order chi connectivity index (χ0) is 23.8. The molecule has 3 rings (SSSR count). The molecule has 0 bridgehead atoms. The normalized spacial score (nSPS) is 12.0. The molecule has 0 unspecified atom stereocenters. The van der Waals surface area contributed by atoms with Crippen LogP contribution < -0.4 is 14.9 Å². The van der Waals surface area contributed by atoms with E-state index in [1.165, 1.54) is 32.4 Å². The van der Waals surface area contributed by atoms with Crippen LogP contribution in [0.5, 0.6) is 23.0 Å². The van der Waals surface area contributed by atoms with Gasteiger partial charge in [0, 0.05) is 23.3 Å². The van der Waals surface area contributed by atoms with E-state index in [0.717, 1.165) is 5.57 Å². The van der Waals surface area contributed by atoms with Gasteiger partial charge in [-0.25, -0.2) is 0 Å². The number of phenols is 2. The lowest BCUT2D eigenvalue weighted by molar-refractivity contribution is 0.134. The molecule has 7 heteroatoms. The van der Waals surface area contributed by atoms with Crippen LogP contribution in [0.15, 0.2) is 39.1 Å². The average Bonchev–Trinajstić information content (AvgIpc) is 2.69. The van der Waals surface area contributed by atoms with Crippen LogP contribution in [0, 0.1) is 0 Å². The molecule has 0 aliphatic rings.